The number of methoxy groups -OCH3 is 1. The van der Waals surface area contributed by atoms with Crippen molar-refractivity contribution in [1.82, 2.24) is 20.2 Å². The van der Waals surface area contributed by atoms with Crippen molar-refractivity contribution in [3.63, 3.8) is 0 Å². The second kappa shape index (κ2) is 8.96. The molecule has 3 aromatic rings. The molecule has 1 atom stereocenters. The Balaban J connectivity index is 1.51. The average molecular weight is 407 g/mol. The first-order chi connectivity index (χ1) is 14.7. The lowest BCUT2D eigenvalue weighted by Gasteiger charge is -2.22. The number of ether oxygens (including phenoxy) is 1. The number of carbonyl (C=O) groups excluding carboxylic acids is 2. The van der Waals surface area contributed by atoms with Gasteiger partial charge in [0.2, 0.25) is 11.9 Å². The van der Waals surface area contributed by atoms with Gasteiger partial charge in [-0.05, 0) is 17.7 Å². The molecule has 1 aliphatic rings. The van der Waals surface area contributed by atoms with Crippen LogP contribution in [0.3, 0.4) is 0 Å². The maximum atomic E-state index is 13.1. The van der Waals surface area contributed by atoms with Crippen LogP contribution in [-0.2, 0) is 22.5 Å². The van der Waals surface area contributed by atoms with Crippen LogP contribution in [0.2, 0.25) is 0 Å². The van der Waals surface area contributed by atoms with Gasteiger partial charge in [0.25, 0.3) is 0 Å². The van der Waals surface area contributed by atoms with Gasteiger partial charge in [0.05, 0.1) is 17.6 Å². The highest BCUT2D eigenvalue weighted by Crippen LogP contribution is 2.27. The summed E-state index contributed by atoms with van der Waals surface area (Å²) < 4.78 is 7.03. The zero-order valence-electron chi connectivity index (χ0n) is 16.9. The van der Waals surface area contributed by atoms with E-state index in [1.807, 2.05) is 59.2 Å². The fraction of sp³-hybridized carbons (Fsp3) is 0.318. The Bertz CT molecular complexity index is 1030. The Labute approximate surface area is 174 Å². The topological polar surface area (TPSA) is 88.5 Å². The molecule has 2 heterocycles. The van der Waals surface area contributed by atoms with Crippen LogP contribution in [0.15, 0.2) is 54.6 Å². The highest BCUT2D eigenvalue weighted by molar-refractivity contribution is 5.96. The Morgan fingerprint density at radius 2 is 1.87 bits per heavy atom. The minimum Gasteiger partial charge on any atom is -0.383 e. The molecule has 0 radical (unpaired) electrons. The fourth-order valence-electron chi connectivity index (χ4n) is 3.67. The van der Waals surface area contributed by atoms with Gasteiger partial charge < -0.3 is 19.9 Å². The summed E-state index contributed by atoms with van der Waals surface area (Å²) >= 11 is 0. The van der Waals surface area contributed by atoms with Gasteiger partial charge in [-0.3, -0.25) is 9.69 Å². The minimum absolute atomic E-state index is 0.239. The van der Waals surface area contributed by atoms with Crippen LogP contribution in [0.5, 0.6) is 0 Å². The van der Waals surface area contributed by atoms with Gasteiger partial charge in [0.15, 0.2) is 0 Å². The molecule has 3 amide bonds. The molecule has 2 N–H and O–H groups in total. The van der Waals surface area contributed by atoms with Gasteiger partial charge in [-0.25, -0.2) is 9.78 Å². The van der Waals surface area contributed by atoms with E-state index in [4.69, 9.17) is 4.74 Å². The molecule has 0 bridgehead atoms. The number of fused-ring (bicyclic) bond motifs is 3. The van der Waals surface area contributed by atoms with E-state index in [1.54, 1.807) is 12.0 Å². The van der Waals surface area contributed by atoms with Crippen LogP contribution < -0.4 is 15.5 Å². The molecule has 1 aliphatic heterocycles. The number of imidazole rings is 1. The van der Waals surface area contributed by atoms with Crippen molar-refractivity contribution < 1.29 is 14.3 Å². The van der Waals surface area contributed by atoms with Crippen LogP contribution in [0, 0.1) is 0 Å². The van der Waals surface area contributed by atoms with E-state index in [1.165, 1.54) is 0 Å². The monoisotopic (exact) mass is 407 g/mol. The minimum atomic E-state index is -0.699. The van der Waals surface area contributed by atoms with E-state index in [2.05, 4.69) is 15.6 Å². The summed E-state index contributed by atoms with van der Waals surface area (Å²) in [5.74, 6) is 0.365. The lowest BCUT2D eigenvalue weighted by Crippen LogP contribution is -2.52. The van der Waals surface area contributed by atoms with Gasteiger partial charge in [-0.2, -0.15) is 0 Å². The predicted octanol–water partition coefficient (Wildman–Crippen LogP) is 1.94. The van der Waals surface area contributed by atoms with E-state index in [0.717, 1.165) is 16.6 Å². The van der Waals surface area contributed by atoms with Crippen molar-refractivity contribution in [3.8, 4) is 0 Å². The number of nitrogens with one attached hydrogen (secondary N) is 2. The van der Waals surface area contributed by atoms with Crippen LogP contribution in [0.1, 0.15) is 5.56 Å². The van der Waals surface area contributed by atoms with E-state index < -0.39 is 6.04 Å². The fourth-order valence-corrected chi connectivity index (χ4v) is 3.67. The summed E-state index contributed by atoms with van der Waals surface area (Å²) in [5.41, 5.74) is 2.82. The van der Waals surface area contributed by atoms with Gasteiger partial charge in [0.1, 0.15) is 6.04 Å². The summed E-state index contributed by atoms with van der Waals surface area (Å²) in [6, 6.07) is 16.4. The highest BCUT2D eigenvalue weighted by Gasteiger charge is 2.31. The van der Waals surface area contributed by atoms with Crippen molar-refractivity contribution in [2.75, 3.05) is 31.7 Å². The number of aromatic nitrogens is 2. The number of nitrogens with zero attached hydrogens (tertiary/aromatic N) is 3. The molecule has 0 saturated carbocycles. The van der Waals surface area contributed by atoms with Gasteiger partial charge >= 0.3 is 6.03 Å². The molecule has 0 aliphatic carbocycles. The Kier molecular flexibility index (Phi) is 5.94. The summed E-state index contributed by atoms with van der Waals surface area (Å²) in [6.45, 7) is 1.99. The lowest BCUT2D eigenvalue weighted by molar-refractivity contribution is -0.123. The number of hydrogen-bond donors (Lipinski definition) is 2. The van der Waals surface area contributed by atoms with Crippen molar-refractivity contribution >= 4 is 28.9 Å². The summed E-state index contributed by atoms with van der Waals surface area (Å²) in [6.07, 6.45) is 0.398. The maximum absolute atomic E-state index is 13.1. The van der Waals surface area contributed by atoms with Crippen LogP contribution >= 0.6 is 0 Å². The molecule has 8 heteroatoms. The normalized spacial score (nSPS) is 13.8. The number of rotatable bonds is 7. The molecule has 156 valence electrons. The first kappa shape index (κ1) is 19.9. The number of benzene rings is 2. The standard InChI is InChI=1S/C22H25N5O3/c1-30-14-11-23-20(28)18(15-16-7-3-2-4-8-16)25-22(29)27-13-12-26-19-10-6-5-9-17(19)24-21(26)27/h2-10,18H,11-15H2,1H3,(H,23,28)(H,25,29)/t18-/m0/s1. The second-order valence-electron chi connectivity index (χ2n) is 7.18. The molecule has 0 saturated heterocycles. The molecule has 30 heavy (non-hydrogen) atoms. The Hall–Kier alpha value is -3.39. The van der Waals surface area contributed by atoms with Gasteiger partial charge in [0, 0.05) is 33.2 Å². The summed E-state index contributed by atoms with van der Waals surface area (Å²) in [7, 11) is 1.58. The first-order valence-corrected chi connectivity index (χ1v) is 10.0. The van der Waals surface area contributed by atoms with Gasteiger partial charge in [-0.15, -0.1) is 0 Å². The number of amides is 3. The van der Waals surface area contributed by atoms with E-state index in [0.29, 0.717) is 38.6 Å². The molecule has 2 aromatic carbocycles. The third kappa shape index (κ3) is 4.13. The number of anilines is 1. The quantitative estimate of drug-likeness (QED) is 0.586. The zero-order valence-corrected chi connectivity index (χ0v) is 16.9. The largest absolute Gasteiger partial charge is 0.383 e. The second-order valence-corrected chi connectivity index (χ2v) is 7.18. The first-order valence-electron chi connectivity index (χ1n) is 10.0. The van der Waals surface area contributed by atoms with Gasteiger partial charge in [-0.1, -0.05) is 42.5 Å². The smallest absolute Gasteiger partial charge is 0.324 e. The Morgan fingerprint density at radius 3 is 2.67 bits per heavy atom. The third-order valence-corrected chi connectivity index (χ3v) is 5.17. The molecule has 0 spiro atoms. The maximum Gasteiger partial charge on any atom is 0.324 e. The predicted molar refractivity (Wildman–Crippen MR) is 114 cm³/mol. The van der Waals surface area contributed by atoms with Crippen molar-refractivity contribution in [2.24, 2.45) is 0 Å². The third-order valence-electron chi connectivity index (χ3n) is 5.17. The van der Waals surface area contributed by atoms with E-state index in [9.17, 15) is 9.59 Å². The average Bonchev–Trinajstić information content (AvgIpc) is 3.33. The number of hydrogen-bond acceptors (Lipinski definition) is 4. The SMILES string of the molecule is COCCNC(=O)[C@H](Cc1ccccc1)NC(=O)N1CCn2c1nc1ccccc12. The molecule has 1 aromatic heterocycles. The van der Waals surface area contributed by atoms with Crippen LogP contribution in [-0.4, -0.2) is 54.3 Å². The van der Waals surface area contributed by atoms with Crippen LogP contribution in [0.4, 0.5) is 10.7 Å². The molecule has 4 rings (SSSR count). The number of urea groups is 1. The molecule has 0 fully saturated rings. The van der Waals surface area contributed by atoms with E-state index >= 15 is 0 Å². The zero-order chi connectivity index (χ0) is 20.9. The lowest BCUT2D eigenvalue weighted by atomic mass is 10.1. The van der Waals surface area contributed by atoms with Crippen molar-refractivity contribution in [1.29, 1.82) is 0 Å². The van der Waals surface area contributed by atoms with Crippen molar-refractivity contribution in [2.45, 2.75) is 19.0 Å². The molecule has 8 nitrogen and oxygen atoms in total. The Morgan fingerprint density at radius 1 is 1.10 bits per heavy atom. The van der Waals surface area contributed by atoms with Crippen molar-refractivity contribution in [3.05, 3.63) is 60.2 Å². The molecular weight excluding hydrogens is 382 g/mol. The summed E-state index contributed by atoms with van der Waals surface area (Å²) in [4.78, 5) is 32.0. The molecular formula is C22H25N5O3. The highest BCUT2D eigenvalue weighted by atomic mass is 16.5. The number of para-hydroxylation sites is 2. The van der Waals surface area contributed by atoms with E-state index in [-0.39, 0.29) is 11.9 Å². The summed E-state index contributed by atoms with van der Waals surface area (Å²) in [5, 5.41) is 5.72. The van der Waals surface area contributed by atoms with Crippen LogP contribution in [0.25, 0.3) is 11.0 Å². The number of carbonyl (C=O) groups is 2. The molecule has 0 unspecified atom stereocenters.